The fraction of sp³-hybridized carbons (Fsp3) is 0. The predicted octanol–water partition coefficient (Wildman–Crippen LogP) is 3.76. The van der Waals surface area contributed by atoms with Crippen molar-refractivity contribution in [1.29, 1.82) is 0 Å². The van der Waals surface area contributed by atoms with Crippen LogP contribution in [0.5, 0.6) is 5.75 Å². The van der Waals surface area contributed by atoms with Crippen LogP contribution >= 0.6 is 23.2 Å². The van der Waals surface area contributed by atoms with Crippen LogP contribution in [0.15, 0.2) is 36.5 Å². The average Bonchev–Trinajstić information content (AvgIpc) is 2.20. The molecule has 0 spiro atoms. The molecule has 1 heterocycles. The lowest BCUT2D eigenvalue weighted by molar-refractivity contribution is 0.475. The smallest absolute Gasteiger partial charge is 0.141 e. The third-order valence-electron chi connectivity index (χ3n) is 1.97. The van der Waals surface area contributed by atoms with Gasteiger partial charge in [0, 0.05) is 16.8 Å². The first-order valence-corrected chi connectivity index (χ1v) is 5.03. The minimum absolute atomic E-state index is 0.0988. The molecule has 0 bridgehead atoms. The fourth-order valence-corrected chi connectivity index (χ4v) is 1.78. The Kier molecular flexibility index (Phi) is 2.80. The Hall–Kier alpha value is -1.25. The molecule has 0 amide bonds. The summed E-state index contributed by atoms with van der Waals surface area (Å²) in [5, 5.41) is 10.6. The third kappa shape index (κ3) is 2.06. The number of aromatic nitrogens is 1. The summed E-state index contributed by atoms with van der Waals surface area (Å²) in [4.78, 5) is 4.06. The Bertz CT molecular complexity index is 500. The standard InChI is InChI=1S/C11H7Cl2NO/c12-7-3-4-8(9(13)6-7)11-10(15)2-1-5-14-11/h1-6,15H. The maximum Gasteiger partial charge on any atom is 0.141 e. The van der Waals surface area contributed by atoms with Crippen LogP contribution in [0, 0.1) is 0 Å². The van der Waals surface area contributed by atoms with E-state index in [4.69, 9.17) is 23.2 Å². The quantitative estimate of drug-likeness (QED) is 0.823. The first kappa shape index (κ1) is 10.3. The van der Waals surface area contributed by atoms with E-state index in [-0.39, 0.29) is 5.75 Å². The van der Waals surface area contributed by atoms with Gasteiger partial charge >= 0.3 is 0 Å². The molecular formula is C11H7Cl2NO. The number of hydrogen-bond acceptors (Lipinski definition) is 2. The van der Waals surface area contributed by atoms with Crippen molar-refractivity contribution in [3.05, 3.63) is 46.6 Å². The summed E-state index contributed by atoms with van der Waals surface area (Å²) in [7, 11) is 0. The largest absolute Gasteiger partial charge is 0.506 e. The molecule has 0 saturated carbocycles. The van der Waals surface area contributed by atoms with E-state index in [1.165, 1.54) is 0 Å². The molecule has 1 aromatic carbocycles. The minimum atomic E-state index is 0.0988. The van der Waals surface area contributed by atoms with E-state index in [1.54, 1.807) is 36.5 Å². The second-order valence-electron chi connectivity index (χ2n) is 3.00. The predicted molar refractivity (Wildman–Crippen MR) is 61.4 cm³/mol. The van der Waals surface area contributed by atoms with Crippen molar-refractivity contribution in [2.24, 2.45) is 0 Å². The Labute approximate surface area is 97.1 Å². The van der Waals surface area contributed by atoms with Gasteiger partial charge in [-0.05, 0) is 30.3 Å². The Morgan fingerprint density at radius 2 is 1.93 bits per heavy atom. The van der Waals surface area contributed by atoms with Crippen molar-refractivity contribution in [3.63, 3.8) is 0 Å². The molecule has 0 radical (unpaired) electrons. The van der Waals surface area contributed by atoms with Crippen LogP contribution in [-0.4, -0.2) is 10.1 Å². The van der Waals surface area contributed by atoms with E-state index in [9.17, 15) is 5.11 Å². The highest BCUT2D eigenvalue weighted by Gasteiger charge is 2.09. The molecule has 0 aliphatic rings. The van der Waals surface area contributed by atoms with Crippen LogP contribution in [0.3, 0.4) is 0 Å². The van der Waals surface area contributed by atoms with Gasteiger partial charge in [0.15, 0.2) is 0 Å². The van der Waals surface area contributed by atoms with E-state index >= 15 is 0 Å². The van der Waals surface area contributed by atoms with Crippen LogP contribution in [-0.2, 0) is 0 Å². The molecule has 2 rings (SSSR count). The highest BCUT2D eigenvalue weighted by atomic mass is 35.5. The summed E-state index contributed by atoms with van der Waals surface area (Å²) in [5.41, 5.74) is 1.12. The lowest BCUT2D eigenvalue weighted by atomic mass is 10.1. The van der Waals surface area contributed by atoms with Gasteiger partial charge in [-0.2, -0.15) is 0 Å². The van der Waals surface area contributed by atoms with E-state index in [1.807, 2.05) is 0 Å². The van der Waals surface area contributed by atoms with Crippen LogP contribution in [0.2, 0.25) is 10.0 Å². The highest BCUT2D eigenvalue weighted by molar-refractivity contribution is 6.36. The minimum Gasteiger partial charge on any atom is -0.506 e. The second-order valence-corrected chi connectivity index (χ2v) is 3.84. The van der Waals surface area contributed by atoms with Gasteiger partial charge in [-0.15, -0.1) is 0 Å². The maximum absolute atomic E-state index is 9.60. The summed E-state index contributed by atoms with van der Waals surface area (Å²) >= 11 is 11.8. The molecule has 0 atom stereocenters. The topological polar surface area (TPSA) is 33.1 Å². The first-order chi connectivity index (χ1) is 7.18. The monoisotopic (exact) mass is 239 g/mol. The lowest BCUT2D eigenvalue weighted by Crippen LogP contribution is -1.84. The van der Waals surface area contributed by atoms with E-state index in [0.717, 1.165) is 0 Å². The number of aromatic hydroxyl groups is 1. The summed E-state index contributed by atoms with van der Waals surface area (Å²) in [6.07, 6.45) is 1.60. The van der Waals surface area contributed by atoms with Crippen molar-refractivity contribution in [1.82, 2.24) is 4.98 Å². The lowest BCUT2D eigenvalue weighted by Gasteiger charge is -2.05. The van der Waals surface area contributed by atoms with Crippen molar-refractivity contribution >= 4 is 23.2 Å². The SMILES string of the molecule is Oc1cccnc1-c1ccc(Cl)cc1Cl. The van der Waals surface area contributed by atoms with E-state index in [2.05, 4.69) is 4.98 Å². The highest BCUT2D eigenvalue weighted by Crippen LogP contribution is 2.33. The fourth-order valence-electron chi connectivity index (χ4n) is 1.29. The molecule has 1 N–H and O–H groups in total. The van der Waals surface area contributed by atoms with Crippen molar-refractivity contribution < 1.29 is 5.11 Å². The Morgan fingerprint density at radius 3 is 2.60 bits per heavy atom. The Balaban J connectivity index is 2.60. The van der Waals surface area contributed by atoms with Crippen LogP contribution < -0.4 is 0 Å². The van der Waals surface area contributed by atoms with Crippen molar-refractivity contribution in [3.8, 4) is 17.0 Å². The summed E-state index contributed by atoms with van der Waals surface area (Å²) in [5.74, 6) is 0.0988. The van der Waals surface area contributed by atoms with Gasteiger partial charge in [0.25, 0.3) is 0 Å². The van der Waals surface area contributed by atoms with E-state index in [0.29, 0.717) is 21.3 Å². The van der Waals surface area contributed by atoms with Gasteiger partial charge in [-0.1, -0.05) is 23.2 Å². The van der Waals surface area contributed by atoms with Gasteiger partial charge in [0.2, 0.25) is 0 Å². The van der Waals surface area contributed by atoms with Crippen molar-refractivity contribution in [2.75, 3.05) is 0 Å². The molecule has 0 aliphatic carbocycles. The number of benzene rings is 1. The average molecular weight is 240 g/mol. The number of nitrogens with zero attached hydrogens (tertiary/aromatic N) is 1. The molecule has 0 fully saturated rings. The van der Waals surface area contributed by atoms with Gasteiger partial charge in [-0.25, -0.2) is 0 Å². The van der Waals surface area contributed by atoms with Crippen molar-refractivity contribution in [2.45, 2.75) is 0 Å². The summed E-state index contributed by atoms with van der Waals surface area (Å²) in [6, 6.07) is 8.27. The van der Waals surface area contributed by atoms with Crippen LogP contribution in [0.25, 0.3) is 11.3 Å². The molecule has 0 saturated heterocycles. The Morgan fingerprint density at radius 1 is 1.13 bits per heavy atom. The van der Waals surface area contributed by atoms with Crippen LogP contribution in [0.1, 0.15) is 0 Å². The van der Waals surface area contributed by atoms with E-state index < -0.39 is 0 Å². The molecule has 4 heteroatoms. The zero-order chi connectivity index (χ0) is 10.8. The maximum atomic E-state index is 9.60. The molecule has 76 valence electrons. The number of hydrogen-bond donors (Lipinski definition) is 1. The van der Waals surface area contributed by atoms with Gasteiger partial charge < -0.3 is 5.11 Å². The molecular weight excluding hydrogens is 233 g/mol. The first-order valence-electron chi connectivity index (χ1n) is 4.28. The molecule has 0 unspecified atom stereocenters. The van der Waals surface area contributed by atoms with Gasteiger partial charge in [0.1, 0.15) is 11.4 Å². The molecule has 2 nitrogen and oxygen atoms in total. The normalized spacial score (nSPS) is 10.3. The molecule has 2 aromatic rings. The molecule has 15 heavy (non-hydrogen) atoms. The van der Waals surface area contributed by atoms with Crippen LogP contribution in [0.4, 0.5) is 0 Å². The second kappa shape index (κ2) is 4.09. The number of rotatable bonds is 1. The van der Waals surface area contributed by atoms with Gasteiger partial charge in [0.05, 0.1) is 5.02 Å². The zero-order valence-corrected chi connectivity index (χ0v) is 9.13. The molecule has 0 aliphatic heterocycles. The number of pyridine rings is 1. The third-order valence-corrected chi connectivity index (χ3v) is 2.52. The zero-order valence-electron chi connectivity index (χ0n) is 7.61. The molecule has 1 aromatic heterocycles. The van der Waals surface area contributed by atoms with Gasteiger partial charge in [-0.3, -0.25) is 4.98 Å². The summed E-state index contributed by atoms with van der Waals surface area (Å²) < 4.78 is 0. The number of halogens is 2. The summed E-state index contributed by atoms with van der Waals surface area (Å²) in [6.45, 7) is 0.